The van der Waals surface area contributed by atoms with Crippen LogP contribution in [0.5, 0.6) is 0 Å². The van der Waals surface area contributed by atoms with E-state index >= 15 is 0 Å². The molecule has 0 aliphatic heterocycles. The van der Waals surface area contributed by atoms with E-state index in [1.165, 1.54) is 11.3 Å². The number of hydrogen-bond donors (Lipinski definition) is 1. The second-order valence-electron chi connectivity index (χ2n) is 3.75. The Morgan fingerprint density at radius 1 is 1.57 bits per heavy atom. The molecule has 0 amide bonds. The molecule has 0 aliphatic rings. The van der Waals surface area contributed by atoms with Gasteiger partial charge in [-0.3, -0.25) is 4.98 Å². The van der Waals surface area contributed by atoms with E-state index in [2.05, 4.69) is 29.3 Å². The van der Waals surface area contributed by atoms with Crippen molar-refractivity contribution in [2.45, 2.75) is 18.9 Å². The van der Waals surface area contributed by atoms with Crippen molar-refractivity contribution in [1.82, 2.24) is 15.2 Å². The van der Waals surface area contributed by atoms with Gasteiger partial charge < -0.3 is 10.2 Å². The molecule has 0 radical (unpaired) electrons. The quantitative estimate of drug-likeness (QED) is 0.770. The molecular weight excluding hydrogens is 194 g/mol. The first kappa shape index (κ1) is 11.6. The summed E-state index contributed by atoms with van der Waals surface area (Å²) in [6, 6.07) is 0.567. The zero-order valence-electron chi connectivity index (χ0n) is 9.16. The predicted molar refractivity (Wildman–Crippen MR) is 61.8 cm³/mol. The van der Waals surface area contributed by atoms with Crippen LogP contribution in [0.1, 0.15) is 11.3 Å². The number of likely N-dealkylation sites (N-methyl/N-ethyl adjacent to an activating group) is 1. The third-order valence-electron chi connectivity index (χ3n) is 2.26. The van der Waals surface area contributed by atoms with Gasteiger partial charge in [-0.05, 0) is 40.5 Å². The zero-order chi connectivity index (χ0) is 10.4. The molecule has 4 heteroatoms. The molecule has 1 rings (SSSR count). The van der Waals surface area contributed by atoms with Gasteiger partial charge in [-0.15, -0.1) is 11.3 Å². The number of aromatic nitrogens is 1. The first-order chi connectivity index (χ1) is 6.72. The van der Waals surface area contributed by atoms with Gasteiger partial charge in [0.1, 0.15) is 0 Å². The van der Waals surface area contributed by atoms with Crippen LogP contribution in [0.25, 0.3) is 0 Å². The Bertz CT molecular complexity index is 234. The Labute approximate surface area is 90.2 Å². The molecule has 1 N–H and O–H groups in total. The van der Waals surface area contributed by atoms with E-state index in [1.54, 1.807) is 11.3 Å². The van der Waals surface area contributed by atoms with E-state index in [1.807, 2.05) is 18.8 Å². The molecule has 1 unspecified atom stereocenters. The van der Waals surface area contributed by atoms with Crippen molar-refractivity contribution in [3.05, 3.63) is 16.6 Å². The van der Waals surface area contributed by atoms with E-state index in [9.17, 15) is 0 Å². The van der Waals surface area contributed by atoms with Crippen LogP contribution >= 0.6 is 11.3 Å². The number of thiazole rings is 1. The molecule has 0 saturated carbocycles. The minimum atomic E-state index is 0.567. The molecule has 3 nitrogen and oxygen atoms in total. The minimum Gasteiger partial charge on any atom is -0.317 e. The molecule has 0 fully saturated rings. The van der Waals surface area contributed by atoms with Crippen molar-refractivity contribution in [3.63, 3.8) is 0 Å². The average Bonchev–Trinajstić information content (AvgIpc) is 2.64. The highest BCUT2D eigenvalue weighted by atomic mass is 32.1. The summed E-state index contributed by atoms with van der Waals surface area (Å²) < 4.78 is 0. The molecule has 14 heavy (non-hydrogen) atoms. The fraction of sp³-hybridized carbons (Fsp3) is 0.700. The lowest BCUT2D eigenvalue weighted by Gasteiger charge is -2.17. The van der Waals surface area contributed by atoms with E-state index in [0.717, 1.165) is 13.0 Å². The fourth-order valence-corrected chi connectivity index (χ4v) is 2.02. The third kappa shape index (κ3) is 4.17. The molecule has 0 aliphatic carbocycles. The molecular formula is C10H19N3S. The summed E-state index contributed by atoms with van der Waals surface area (Å²) in [6.45, 7) is 1.13. The van der Waals surface area contributed by atoms with Crippen molar-refractivity contribution in [3.8, 4) is 0 Å². The standard InChI is InChI=1S/C10H19N3S/c1-11-9(4-5-13(2)3)6-10-7-12-8-14-10/h7-9,11H,4-6H2,1-3H3. The predicted octanol–water partition coefficient (Wildman–Crippen LogP) is 1.23. The van der Waals surface area contributed by atoms with E-state index in [4.69, 9.17) is 0 Å². The molecule has 1 aromatic heterocycles. The molecule has 1 heterocycles. The van der Waals surface area contributed by atoms with Gasteiger partial charge in [0.25, 0.3) is 0 Å². The molecule has 0 bridgehead atoms. The number of nitrogens with zero attached hydrogens (tertiary/aromatic N) is 2. The van der Waals surface area contributed by atoms with Gasteiger partial charge in [-0.1, -0.05) is 0 Å². The lowest BCUT2D eigenvalue weighted by molar-refractivity contribution is 0.365. The van der Waals surface area contributed by atoms with Crippen molar-refractivity contribution in [1.29, 1.82) is 0 Å². The van der Waals surface area contributed by atoms with Crippen LogP contribution in [0.2, 0.25) is 0 Å². The van der Waals surface area contributed by atoms with Crippen LogP contribution in [0, 0.1) is 0 Å². The van der Waals surface area contributed by atoms with Crippen LogP contribution in [0.15, 0.2) is 11.7 Å². The van der Waals surface area contributed by atoms with E-state index in [-0.39, 0.29) is 0 Å². The van der Waals surface area contributed by atoms with Crippen molar-refractivity contribution >= 4 is 11.3 Å². The average molecular weight is 213 g/mol. The van der Waals surface area contributed by atoms with Crippen LogP contribution in [-0.4, -0.2) is 43.6 Å². The van der Waals surface area contributed by atoms with Crippen LogP contribution < -0.4 is 5.32 Å². The highest BCUT2D eigenvalue weighted by molar-refractivity contribution is 7.09. The summed E-state index contributed by atoms with van der Waals surface area (Å²) in [6.07, 6.45) is 4.24. The molecule has 0 aromatic carbocycles. The maximum Gasteiger partial charge on any atom is 0.0794 e. The molecule has 80 valence electrons. The van der Waals surface area contributed by atoms with Gasteiger partial charge in [0.2, 0.25) is 0 Å². The molecule has 0 spiro atoms. The van der Waals surface area contributed by atoms with Crippen LogP contribution in [0.3, 0.4) is 0 Å². The topological polar surface area (TPSA) is 28.2 Å². The lowest BCUT2D eigenvalue weighted by atomic mass is 10.1. The Hall–Kier alpha value is -0.450. The maximum atomic E-state index is 4.09. The van der Waals surface area contributed by atoms with Crippen molar-refractivity contribution in [2.75, 3.05) is 27.7 Å². The first-order valence-corrected chi connectivity index (χ1v) is 5.79. The highest BCUT2D eigenvalue weighted by Gasteiger charge is 2.08. The molecule has 1 atom stereocenters. The molecule has 0 saturated heterocycles. The Morgan fingerprint density at radius 3 is 2.86 bits per heavy atom. The SMILES string of the molecule is CNC(CCN(C)C)Cc1cncs1. The monoisotopic (exact) mass is 213 g/mol. The second-order valence-corrected chi connectivity index (χ2v) is 4.72. The second kappa shape index (κ2) is 6.11. The van der Waals surface area contributed by atoms with Crippen LogP contribution in [-0.2, 0) is 6.42 Å². The third-order valence-corrected chi connectivity index (χ3v) is 3.07. The van der Waals surface area contributed by atoms with Crippen molar-refractivity contribution < 1.29 is 0 Å². The van der Waals surface area contributed by atoms with E-state index < -0.39 is 0 Å². The summed E-state index contributed by atoms with van der Waals surface area (Å²) in [5, 5.41) is 3.35. The van der Waals surface area contributed by atoms with E-state index in [0.29, 0.717) is 6.04 Å². The van der Waals surface area contributed by atoms with Gasteiger partial charge in [0, 0.05) is 17.1 Å². The van der Waals surface area contributed by atoms with Gasteiger partial charge in [0.15, 0.2) is 0 Å². The minimum absolute atomic E-state index is 0.567. The Kier molecular flexibility index (Phi) is 5.07. The summed E-state index contributed by atoms with van der Waals surface area (Å²) in [5.74, 6) is 0. The first-order valence-electron chi connectivity index (χ1n) is 4.91. The maximum absolute atomic E-state index is 4.09. The van der Waals surface area contributed by atoms with Gasteiger partial charge in [-0.25, -0.2) is 0 Å². The number of nitrogens with one attached hydrogen (secondary N) is 1. The van der Waals surface area contributed by atoms with Gasteiger partial charge in [0.05, 0.1) is 5.51 Å². The highest BCUT2D eigenvalue weighted by Crippen LogP contribution is 2.10. The number of hydrogen-bond acceptors (Lipinski definition) is 4. The fourth-order valence-electron chi connectivity index (χ4n) is 1.35. The normalized spacial score (nSPS) is 13.4. The zero-order valence-corrected chi connectivity index (χ0v) is 9.97. The summed E-state index contributed by atoms with van der Waals surface area (Å²) >= 11 is 1.74. The number of rotatable bonds is 6. The lowest BCUT2D eigenvalue weighted by Crippen LogP contribution is -2.31. The van der Waals surface area contributed by atoms with Gasteiger partial charge >= 0.3 is 0 Å². The Balaban J connectivity index is 2.32. The van der Waals surface area contributed by atoms with Gasteiger partial charge in [-0.2, -0.15) is 0 Å². The largest absolute Gasteiger partial charge is 0.317 e. The smallest absolute Gasteiger partial charge is 0.0794 e. The Morgan fingerprint density at radius 2 is 2.36 bits per heavy atom. The summed E-state index contributed by atoms with van der Waals surface area (Å²) in [5.41, 5.74) is 1.90. The van der Waals surface area contributed by atoms with Crippen molar-refractivity contribution in [2.24, 2.45) is 0 Å². The molecule has 1 aromatic rings. The summed E-state index contributed by atoms with van der Waals surface area (Å²) in [7, 11) is 6.25. The summed E-state index contributed by atoms with van der Waals surface area (Å²) in [4.78, 5) is 7.67. The van der Waals surface area contributed by atoms with Crippen LogP contribution in [0.4, 0.5) is 0 Å².